The van der Waals surface area contributed by atoms with E-state index in [0.717, 1.165) is 12.4 Å². The summed E-state index contributed by atoms with van der Waals surface area (Å²) in [5.41, 5.74) is 1.39. The molecule has 0 radical (unpaired) electrons. The molecule has 0 aliphatic rings. The van der Waals surface area contributed by atoms with Gasteiger partial charge in [-0.25, -0.2) is 0 Å². The zero-order valence-electron chi connectivity index (χ0n) is 14.7. The average molecular weight is 292 g/mol. The van der Waals surface area contributed by atoms with Crippen LogP contribution in [0.2, 0.25) is 0 Å². The van der Waals surface area contributed by atoms with Crippen molar-refractivity contribution in [3.05, 3.63) is 29.8 Å². The Morgan fingerprint density at radius 3 is 1.76 bits per heavy atom. The summed E-state index contributed by atoms with van der Waals surface area (Å²) >= 11 is 0. The van der Waals surface area contributed by atoms with Crippen molar-refractivity contribution in [2.75, 3.05) is 6.61 Å². The van der Waals surface area contributed by atoms with E-state index in [1.54, 1.807) is 0 Å². The van der Waals surface area contributed by atoms with Crippen LogP contribution in [-0.4, -0.2) is 12.9 Å². The number of hydrogen-bond acceptors (Lipinski definition) is 2. The predicted molar refractivity (Wildman–Crippen MR) is 89.7 cm³/mol. The number of benzene rings is 1. The van der Waals surface area contributed by atoms with Gasteiger partial charge in [-0.15, -0.1) is 0 Å². The number of rotatable bonds is 8. The highest BCUT2D eigenvalue weighted by Crippen LogP contribution is 2.32. The molecule has 120 valence electrons. The Hall–Kier alpha value is -1.02. The maximum atomic E-state index is 5.80. The lowest BCUT2D eigenvalue weighted by atomic mass is 9.80. The van der Waals surface area contributed by atoms with Crippen LogP contribution in [0.25, 0.3) is 0 Å². The zero-order chi connectivity index (χ0) is 16.0. The van der Waals surface area contributed by atoms with Gasteiger partial charge in [-0.3, -0.25) is 0 Å². The van der Waals surface area contributed by atoms with Crippen LogP contribution in [-0.2, 0) is 4.74 Å². The fourth-order valence-electron chi connectivity index (χ4n) is 2.86. The fourth-order valence-corrected chi connectivity index (χ4v) is 2.86. The molecule has 2 nitrogen and oxygen atoms in total. The third-order valence-electron chi connectivity index (χ3n) is 3.67. The maximum absolute atomic E-state index is 5.80. The van der Waals surface area contributed by atoms with Crippen molar-refractivity contribution < 1.29 is 9.47 Å². The van der Waals surface area contributed by atoms with Crippen molar-refractivity contribution >= 4 is 0 Å². The molecule has 0 saturated heterocycles. The van der Waals surface area contributed by atoms with Crippen LogP contribution in [0.4, 0.5) is 0 Å². The molecule has 0 saturated carbocycles. The van der Waals surface area contributed by atoms with Gasteiger partial charge in [0.2, 0.25) is 0 Å². The summed E-state index contributed by atoms with van der Waals surface area (Å²) in [5.74, 6) is 3.28. The van der Waals surface area contributed by atoms with Crippen LogP contribution >= 0.6 is 0 Å². The van der Waals surface area contributed by atoms with Crippen LogP contribution in [0, 0.1) is 17.8 Å². The van der Waals surface area contributed by atoms with Gasteiger partial charge in [0.05, 0.1) is 6.61 Å². The van der Waals surface area contributed by atoms with Gasteiger partial charge in [0.25, 0.3) is 0 Å². The predicted octanol–water partition coefficient (Wildman–Crippen LogP) is 5.48. The molecule has 0 N–H and O–H groups in total. The monoisotopic (exact) mass is 292 g/mol. The smallest absolute Gasteiger partial charge is 0.196 e. The van der Waals surface area contributed by atoms with E-state index in [9.17, 15) is 0 Å². The summed E-state index contributed by atoms with van der Waals surface area (Å²) < 4.78 is 11.4. The highest BCUT2D eigenvalue weighted by atomic mass is 16.7. The lowest BCUT2D eigenvalue weighted by molar-refractivity contribution is -0.0756. The van der Waals surface area contributed by atoms with Gasteiger partial charge in [0.1, 0.15) is 5.75 Å². The van der Waals surface area contributed by atoms with Crippen LogP contribution in [0.3, 0.4) is 0 Å². The molecule has 0 heterocycles. The third kappa shape index (κ3) is 6.09. The van der Waals surface area contributed by atoms with Gasteiger partial charge in [0, 0.05) is 0 Å². The SMILES string of the molecule is CC(C)COC(C)Oc1ccc(C(C(C)C)C(C)C)cc1. The molecule has 21 heavy (non-hydrogen) atoms. The molecular weight excluding hydrogens is 260 g/mol. The van der Waals surface area contributed by atoms with Crippen molar-refractivity contribution in [1.29, 1.82) is 0 Å². The van der Waals surface area contributed by atoms with E-state index < -0.39 is 0 Å². The summed E-state index contributed by atoms with van der Waals surface area (Å²) in [6.07, 6.45) is -0.204. The van der Waals surface area contributed by atoms with Gasteiger partial charge in [-0.1, -0.05) is 53.7 Å². The minimum absolute atomic E-state index is 0.204. The van der Waals surface area contributed by atoms with E-state index in [1.165, 1.54) is 5.56 Å². The summed E-state index contributed by atoms with van der Waals surface area (Å²) in [6, 6.07) is 8.50. The van der Waals surface area contributed by atoms with Gasteiger partial charge in [-0.2, -0.15) is 0 Å². The highest BCUT2D eigenvalue weighted by molar-refractivity contribution is 5.30. The van der Waals surface area contributed by atoms with Gasteiger partial charge in [-0.05, 0) is 48.3 Å². The second-order valence-corrected chi connectivity index (χ2v) is 7.00. The molecule has 0 fully saturated rings. The van der Waals surface area contributed by atoms with Crippen molar-refractivity contribution in [1.82, 2.24) is 0 Å². The first-order chi connectivity index (χ1) is 9.81. The molecule has 1 aromatic carbocycles. The summed E-state index contributed by atoms with van der Waals surface area (Å²) in [5, 5.41) is 0. The molecular formula is C19H32O2. The van der Waals surface area contributed by atoms with Gasteiger partial charge >= 0.3 is 0 Å². The van der Waals surface area contributed by atoms with E-state index in [0.29, 0.717) is 23.7 Å². The average Bonchev–Trinajstić information content (AvgIpc) is 2.38. The summed E-state index contributed by atoms with van der Waals surface area (Å²) in [6.45, 7) is 16.1. The Morgan fingerprint density at radius 1 is 0.810 bits per heavy atom. The molecule has 1 atom stereocenters. The Morgan fingerprint density at radius 2 is 1.33 bits per heavy atom. The van der Waals surface area contributed by atoms with E-state index in [4.69, 9.17) is 9.47 Å². The third-order valence-corrected chi connectivity index (χ3v) is 3.67. The van der Waals surface area contributed by atoms with Crippen molar-refractivity contribution in [3.63, 3.8) is 0 Å². The Bertz CT molecular complexity index is 385. The zero-order valence-corrected chi connectivity index (χ0v) is 14.7. The molecule has 0 spiro atoms. The standard InChI is InChI=1S/C19H32O2/c1-13(2)12-20-16(7)21-18-10-8-17(9-11-18)19(14(3)4)15(5)6/h8-11,13-16,19H,12H2,1-7H3. The van der Waals surface area contributed by atoms with Crippen LogP contribution < -0.4 is 4.74 Å². The first-order valence-electron chi connectivity index (χ1n) is 8.19. The fraction of sp³-hybridized carbons (Fsp3) is 0.684. The van der Waals surface area contributed by atoms with Crippen molar-refractivity contribution in [3.8, 4) is 5.75 Å². The second kappa shape index (κ2) is 8.43. The van der Waals surface area contributed by atoms with Crippen molar-refractivity contribution in [2.24, 2.45) is 17.8 Å². The van der Waals surface area contributed by atoms with Gasteiger partial charge < -0.3 is 9.47 Å². The maximum Gasteiger partial charge on any atom is 0.196 e. The first kappa shape index (κ1) is 18.0. The number of ether oxygens (including phenoxy) is 2. The molecule has 0 aromatic heterocycles. The highest BCUT2D eigenvalue weighted by Gasteiger charge is 2.19. The Labute approximate surface area is 130 Å². The van der Waals surface area contributed by atoms with Crippen molar-refractivity contribution in [2.45, 2.75) is 60.7 Å². The minimum atomic E-state index is -0.204. The second-order valence-electron chi connectivity index (χ2n) is 7.00. The molecule has 1 aromatic rings. The Balaban J connectivity index is 2.65. The molecule has 2 heteroatoms. The first-order valence-corrected chi connectivity index (χ1v) is 8.19. The molecule has 1 rings (SSSR count). The lowest BCUT2D eigenvalue weighted by Gasteiger charge is -2.25. The molecule has 1 unspecified atom stereocenters. The summed E-state index contributed by atoms with van der Waals surface area (Å²) in [7, 11) is 0. The number of hydrogen-bond donors (Lipinski definition) is 0. The molecule has 0 amide bonds. The quantitative estimate of drug-likeness (QED) is 0.591. The largest absolute Gasteiger partial charge is 0.465 e. The topological polar surface area (TPSA) is 18.5 Å². The van der Waals surface area contributed by atoms with Crippen LogP contribution in [0.1, 0.15) is 59.9 Å². The van der Waals surface area contributed by atoms with Crippen LogP contribution in [0.5, 0.6) is 5.75 Å². The van der Waals surface area contributed by atoms with E-state index >= 15 is 0 Å². The van der Waals surface area contributed by atoms with E-state index in [-0.39, 0.29) is 6.29 Å². The molecule has 0 aliphatic carbocycles. The Kier molecular flexibility index (Phi) is 7.24. The minimum Gasteiger partial charge on any atom is -0.465 e. The normalized spacial score (nSPS) is 13.5. The molecule has 0 aliphatic heterocycles. The summed E-state index contributed by atoms with van der Waals surface area (Å²) in [4.78, 5) is 0. The van der Waals surface area contributed by atoms with E-state index in [1.807, 2.05) is 6.92 Å². The lowest BCUT2D eigenvalue weighted by Crippen LogP contribution is -2.19. The van der Waals surface area contributed by atoms with Crippen LogP contribution in [0.15, 0.2) is 24.3 Å². The molecule has 0 bridgehead atoms. The van der Waals surface area contributed by atoms with Gasteiger partial charge in [0.15, 0.2) is 6.29 Å². The van der Waals surface area contributed by atoms with E-state index in [2.05, 4.69) is 65.8 Å².